The molecule has 3 heteroatoms. The molecule has 0 aromatic heterocycles. The van der Waals surface area contributed by atoms with E-state index in [2.05, 4.69) is 6.92 Å². The smallest absolute Gasteiger partial charge is 0.141 e. The molecule has 0 aliphatic heterocycles. The Balaban J connectivity index is 3.22. The summed E-state index contributed by atoms with van der Waals surface area (Å²) in [6.07, 6.45) is 0. The Morgan fingerprint density at radius 2 is 2.31 bits per heavy atom. The molecule has 0 saturated carbocycles. The third-order valence-electron chi connectivity index (χ3n) is 1.82. The zero-order chi connectivity index (χ0) is 9.84. The van der Waals surface area contributed by atoms with E-state index in [9.17, 15) is 4.39 Å². The van der Waals surface area contributed by atoms with Crippen LogP contribution in [0, 0.1) is 24.1 Å². The van der Waals surface area contributed by atoms with Crippen molar-refractivity contribution in [1.82, 2.24) is 0 Å². The number of hydrogen-bond acceptors (Lipinski definition) is 2. The topological polar surface area (TPSA) is 44.0 Å². The molecule has 0 saturated heterocycles. The summed E-state index contributed by atoms with van der Waals surface area (Å²) in [5.41, 5.74) is 0.418. The quantitative estimate of drug-likeness (QED) is 0.747. The lowest BCUT2D eigenvalue weighted by Crippen LogP contribution is -2.03. The lowest BCUT2D eigenvalue weighted by Gasteiger charge is -2.09. The van der Waals surface area contributed by atoms with Crippen molar-refractivity contribution in [3.8, 4) is 6.07 Å². The highest BCUT2D eigenvalue weighted by Gasteiger charge is 2.12. The van der Waals surface area contributed by atoms with Gasteiger partial charge in [0.1, 0.15) is 11.9 Å². The number of aliphatic hydroxyl groups is 1. The van der Waals surface area contributed by atoms with Crippen LogP contribution in [0.15, 0.2) is 18.2 Å². The van der Waals surface area contributed by atoms with Crippen molar-refractivity contribution < 1.29 is 9.50 Å². The predicted octanol–water partition coefficient (Wildman–Crippen LogP) is 1.61. The molecule has 1 unspecified atom stereocenters. The average Bonchev–Trinajstić information content (AvgIpc) is 2.16. The van der Waals surface area contributed by atoms with Crippen LogP contribution in [-0.4, -0.2) is 11.7 Å². The summed E-state index contributed by atoms with van der Waals surface area (Å²) in [6, 6.07) is 6.06. The molecule has 2 nitrogen and oxygen atoms in total. The Morgan fingerprint density at radius 3 is 2.85 bits per heavy atom. The van der Waals surface area contributed by atoms with E-state index in [0.29, 0.717) is 5.56 Å². The van der Waals surface area contributed by atoms with Crippen molar-refractivity contribution in [3.05, 3.63) is 42.1 Å². The predicted molar refractivity (Wildman–Crippen MR) is 46.3 cm³/mol. The van der Waals surface area contributed by atoms with Crippen LogP contribution in [0.4, 0.5) is 4.39 Å². The van der Waals surface area contributed by atoms with Gasteiger partial charge in [0.2, 0.25) is 0 Å². The van der Waals surface area contributed by atoms with E-state index in [1.807, 2.05) is 0 Å². The Morgan fingerprint density at radius 1 is 1.62 bits per heavy atom. The Bertz CT molecular complexity index is 343. The van der Waals surface area contributed by atoms with Gasteiger partial charge in [-0.25, -0.2) is 4.39 Å². The van der Waals surface area contributed by atoms with Crippen LogP contribution >= 0.6 is 0 Å². The van der Waals surface area contributed by atoms with Crippen LogP contribution < -0.4 is 0 Å². The van der Waals surface area contributed by atoms with Crippen LogP contribution in [0.25, 0.3) is 0 Å². The largest absolute Gasteiger partial charge is 0.396 e. The van der Waals surface area contributed by atoms with Gasteiger partial charge in [0.25, 0.3) is 0 Å². The fraction of sp³-hybridized carbons (Fsp3) is 0.200. The molecular formula is C10H9FNO. The first kappa shape index (κ1) is 9.69. The van der Waals surface area contributed by atoms with Gasteiger partial charge in [-0.3, -0.25) is 0 Å². The maximum absolute atomic E-state index is 13.0. The lowest BCUT2D eigenvalue weighted by molar-refractivity contribution is 0.282. The molecule has 0 heterocycles. The Hall–Kier alpha value is -1.40. The van der Waals surface area contributed by atoms with Crippen molar-refractivity contribution in [2.75, 3.05) is 6.61 Å². The van der Waals surface area contributed by atoms with Gasteiger partial charge in [-0.2, -0.15) is 5.26 Å². The molecule has 1 rings (SSSR count). The highest BCUT2D eigenvalue weighted by atomic mass is 19.1. The molecule has 1 aromatic rings. The second kappa shape index (κ2) is 4.01. The zero-order valence-corrected chi connectivity index (χ0v) is 7.00. The number of rotatable bonds is 2. The number of hydrogen-bond donors (Lipinski definition) is 1. The molecule has 0 amide bonds. The third-order valence-corrected chi connectivity index (χ3v) is 1.82. The number of nitriles is 1. The summed E-state index contributed by atoms with van der Waals surface area (Å²) in [5, 5.41) is 17.4. The standard InChI is InChI=1S/C10H9FNO/c1-7(6-13)8-3-2-4-10(11)9(8)5-12/h2-4,7,13H,1,6H2. The Kier molecular flexibility index (Phi) is 2.99. The second-order valence-corrected chi connectivity index (χ2v) is 2.70. The summed E-state index contributed by atoms with van der Waals surface area (Å²) < 4.78 is 13.0. The van der Waals surface area contributed by atoms with Crippen molar-refractivity contribution in [3.63, 3.8) is 0 Å². The highest BCUT2D eigenvalue weighted by Crippen LogP contribution is 2.20. The molecule has 0 bridgehead atoms. The number of nitrogens with zero attached hydrogens (tertiary/aromatic N) is 1. The summed E-state index contributed by atoms with van der Waals surface area (Å²) in [4.78, 5) is 0. The van der Waals surface area contributed by atoms with Crippen LogP contribution in [0.5, 0.6) is 0 Å². The van der Waals surface area contributed by atoms with E-state index >= 15 is 0 Å². The molecular weight excluding hydrogens is 169 g/mol. The highest BCUT2D eigenvalue weighted by molar-refractivity contribution is 5.41. The van der Waals surface area contributed by atoms with Crippen LogP contribution in [0.1, 0.15) is 17.0 Å². The first-order chi connectivity index (χ1) is 6.20. The van der Waals surface area contributed by atoms with Crippen LogP contribution in [0.2, 0.25) is 0 Å². The van der Waals surface area contributed by atoms with E-state index in [1.54, 1.807) is 12.1 Å². The first-order valence-corrected chi connectivity index (χ1v) is 3.83. The zero-order valence-electron chi connectivity index (χ0n) is 7.00. The van der Waals surface area contributed by atoms with E-state index in [1.165, 1.54) is 12.1 Å². The van der Waals surface area contributed by atoms with Crippen LogP contribution in [-0.2, 0) is 0 Å². The Labute approximate surface area is 76.2 Å². The number of benzene rings is 1. The maximum atomic E-state index is 13.0. The lowest BCUT2D eigenvalue weighted by atomic mass is 9.97. The van der Waals surface area contributed by atoms with Crippen molar-refractivity contribution in [2.24, 2.45) is 0 Å². The minimum atomic E-state index is -0.567. The normalized spacial score (nSPS) is 12.2. The van der Waals surface area contributed by atoms with Gasteiger partial charge in [0.05, 0.1) is 5.56 Å². The minimum Gasteiger partial charge on any atom is -0.396 e. The van der Waals surface area contributed by atoms with Gasteiger partial charge in [0.15, 0.2) is 0 Å². The summed E-state index contributed by atoms with van der Waals surface area (Å²) in [7, 11) is 0. The molecule has 1 aromatic carbocycles. The summed E-state index contributed by atoms with van der Waals surface area (Å²) in [5.74, 6) is -1.02. The summed E-state index contributed by atoms with van der Waals surface area (Å²) >= 11 is 0. The van der Waals surface area contributed by atoms with Gasteiger partial charge in [-0.05, 0) is 18.6 Å². The number of halogens is 1. The molecule has 67 valence electrons. The maximum Gasteiger partial charge on any atom is 0.141 e. The van der Waals surface area contributed by atoms with E-state index in [4.69, 9.17) is 10.4 Å². The number of aliphatic hydroxyl groups excluding tert-OH is 1. The van der Waals surface area contributed by atoms with Crippen molar-refractivity contribution in [1.29, 1.82) is 5.26 Å². The van der Waals surface area contributed by atoms with Crippen molar-refractivity contribution >= 4 is 0 Å². The van der Waals surface area contributed by atoms with Gasteiger partial charge in [-0.1, -0.05) is 12.1 Å². The monoisotopic (exact) mass is 178 g/mol. The summed E-state index contributed by atoms with van der Waals surface area (Å²) in [6.45, 7) is 3.41. The molecule has 0 aliphatic rings. The fourth-order valence-electron chi connectivity index (χ4n) is 1.10. The SMILES string of the molecule is [CH2]C(CO)c1cccc(F)c1C#N. The van der Waals surface area contributed by atoms with Gasteiger partial charge in [-0.15, -0.1) is 0 Å². The van der Waals surface area contributed by atoms with Gasteiger partial charge in [0, 0.05) is 12.5 Å². The van der Waals surface area contributed by atoms with Crippen molar-refractivity contribution in [2.45, 2.75) is 5.92 Å². The molecule has 0 fully saturated rings. The molecule has 1 radical (unpaired) electrons. The minimum absolute atomic E-state index is 0.0310. The third kappa shape index (κ3) is 1.85. The van der Waals surface area contributed by atoms with Crippen LogP contribution in [0.3, 0.4) is 0 Å². The van der Waals surface area contributed by atoms with Gasteiger partial charge < -0.3 is 5.11 Å². The molecule has 13 heavy (non-hydrogen) atoms. The first-order valence-electron chi connectivity index (χ1n) is 3.83. The fourth-order valence-corrected chi connectivity index (χ4v) is 1.10. The van der Waals surface area contributed by atoms with E-state index < -0.39 is 11.7 Å². The van der Waals surface area contributed by atoms with E-state index in [-0.39, 0.29) is 12.2 Å². The average molecular weight is 178 g/mol. The second-order valence-electron chi connectivity index (χ2n) is 2.70. The van der Waals surface area contributed by atoms with Gasteiger partial charge >= 0.3 is 0 Å². The molecule has 1 N–H and O–H groups in total. The molecule has 0 spiro atoms. The van der Waals surface area contributed by atoms with E-state index in [0.717, 1.165) is 0 Å². The molecule has 0 aliphatic carbocycles. The molecule has 1 atom stereocenters.